The largest absolute Gasteiger partial charge is 0.471 e. The zero-order valence-corrected chi connectivity index (χ0v) is 16.9. The fourth-order valence-electron chi connectivity index (χ4n) is 2.24. The van der Waals surface area contributed by atoms with Crippen LogP contribution in [-0.2, 0) is 6.61 Å². The number of carbonyl (C=O) groups excluding carboxylic acids is 2. The first-order chi connectivity index (χ1) is 13.8. The second kappa shape index (κ2) is 8.97. The van der Waals surface area contributed by atoms with Crippen molar-refractivity contribution in [1.29, 1.82) is 0 Å². The van der Waals surface area contributed by atoms with Gasteiger partial charge in [-0.1, -0.05) is 34.1 Å². The molecule has 0 aliphatic carbocycles. The molecule has 2 aromatic carbocycles. The van der Waals surface area contributed by atoms with Crippen molar-refractivity contribution in [3.8, 4) is 11.6 Å². The topological polar surface area (TPSA) is 104 Å². The second-order valence-corrected chi connectivity index (χ2v) is 7.21. The van der Waals surface area contributed by atoms with Crippen LogP contribution in [0.2, 0.25) is 0 Å². The number of rotatable bonds is 6. The van der Waals surface area contributed by atoms with Gasteiger partial charge in [-0.05, 0) is 35.8 Å². The van der Waals surface area contributed by atoms with Gasteiger partial charge in [-0.3, -0.25) is 10.1 Å². The minimum absolute atomic E-state index is 0.0230. The lowest BCUT2D eigenvalue weighted by Crippen LogP contribution is -2.20. The Hall–Kier alpha value is -3.05. The molecule has 11 heteroatoms. The molecule has 0 aliphatic rings. The summed E-state index contributed by atoms with van der Waals surface area (Å²) in [4.78, 5) is 23.8. The van der Waals surface area contributed by atoms with Crippen LogP contribution in [0, 0.1) is 11.6 Å². The molecule has 3 rings (SSSR count). The molecule has 0 bridgehead atoms. The molecule has 150 valence electrons. The van der Waals surface area contributed by atoms with E-state index >= 15 is 0 Å². The molecule has 29 heavy (non-hydrogen) atoms. The predicted octanol–water partition coefficient (Wildman–Crippen LogP) is 4.47. The van der Waals surface area contributed by atoms with Crippen LogP contribution in [0.5, 0.6) is 11.6 Å². The maximum absolute atomic E-state index is 13.9. The smallest absolute Gasteiger partial charge is 0.417 e. The Morgan fingerprint density at radius 2 is 1.83 bits per heavy atom. The van der Waals surface area contributed by atoms with Crippen molar-refractivity contribution in [2.45, 2.75) is 6.61 Å². The number of carbonyl (C=O) groups is 2. The number of nitrogens with zero attached hydrogens (tertiary/aromatic N) is 1. The third-order valence-electron chi connectivity index (χ3n) is 3.54. The Labute approximate surface area is 175 Å². The molecular formula is C18H12BrF2N3O4S. The summed E-state index contributed by atoms with van der Waals surface area (Å²) in [5.41, 5.74) is 4.75. The van der Waals surface area contributed by atoms with Gasteiger partial charge in [0.25, 0.3) is 5.91 Å². The van der Waals surface area contributed by atoms with Crippen LogP contribution in [-0.4, -0.2) is 16.4 Å². The van der Waals surface area contributed by atoms with E-state index in [2.05, 4.69) is 25.6 Å². The lowest BCUT2D eigenvalue weighted by molar-refractivity contribution is 0.0996. The lowest BCUT2D eigenvalue weighted by atomic mass is 10.2. The van der Waals surface area contributed by atoms with Crippen molar-refractivity contribution in [1.82, 2.24) is 4.37 Å². The number of benzene rings is 2. The van der Waals surface area contributed by atoms with Crippen LogP contribution < -0.4 is 20.5 Å². The fourth-order valence-corrected chi connectivity index (χ4v) is 3.37. The molecule has 3 N–H and O–H groups in total. The predicted molar refractivity (Wildman–Crippen MR) is 105 cm³/mol. The molecule has 0 saturated carbocycles. The monoisotopic (exact) mass is 483 g/mol. The van der Waals surface area contributed by atoms with E-state index < -0.39 is 30.2 Å². The molecule has 1 aromatic heterocycles. The van der Waals surface area contributed by atoms with E-state index in [-0.39, 0.29) is 32.2 Å². The maximum atomic E-state index is 13.9. The number of hydrogen-bond acceptors (Lipinski definition) is 6. The second-order valence-electron chi connectivity index (χ2n) is 5.52. The average Bonchev–Trinajstić information content (AvgIpc) is 3.04. The van der Waals surface area contributed by atoms with Gasteiger partial charge in [0.1, 0.15) is 34.6 Å². The van der Waals surface area contributed by atoms with Gasteiger partial charge in [-0.15, -0.1) is 0 Å². The normalized spacial score (nSPS) is 10.4. The summed E-state index contributed by atoms with van der Waals surface area (Å²) in [5, 5.41) is 2.33. The van der Waals surface area contributed by atoms with Crippen molar-refractivity contribution in [3.05, 3.63) is 69.7 Å². The van der Waals surface area contributed by atoms with Gasteiger partial charge in [0.15, 0.2) is 0 Å². The first-order valence-corrected chi connectivity index (χ1v) is 9.51. The number of ether oxygens (including phenoxy) is 2. The maximum Gasteiger partial charge on any atom is 0.417 e. The minimum atomic E-state index is -0.944. The number of anilines is 1. The quantitative estimate of drug-likeness (QED) is 0.538. The molecule has 0 saturated heterocycles. The molecule has 0 fully saturated rings. The highest BCUT2D eigenvalue weighted by Crippen LogP contribution is 2.31. The SMILES string of the molecule is NC(=O)c1c(OCc2c(F)cc(Br)cc2F)nsc1NC(=O)Oc1ccccc1. The molecule has 0 atom stereocenters. The van der Waals surface area contributed by atoms with Crippen LogP contribution in [0.1, 0.15) is 15.9 Å². The molecule has 0 radical (unpaired) electrons. The third kappa shape index (κ3) is 5.06. The standard InChI is InChI=1S/C18H12BrF2N3O4S/c19-9-6-12(20)11(13(21)7-9)8-27-16-14(15(22)25)17(29-24-16)23-18(26)28-10-4-2-1-3-5-10/h1-7H,8H2,(H2,22,25)(H,23,26). The summed E-state index contributed by atoms with van der Waals surface area (Å²) in [6, 6.07) is 10.4. The van der Waals surface area contributed by atoms with E-state index in [4.69, 9.17) is 15.2 Å². The van der Waals surface area contributed by atoms with E-state index in [1.165, 1.54) is 0 Å². The van der Waals surface area contributed by atoms with Crippen molar-refractivity contribution in [2.75, 3.05) is 5.32 Å². The van der Waals surface area contributed by atoms with Crippen LogP contribution in [0.15, 0.2) is 46.9 Å². The van der Waals surface area contributed by atoms with Crippen LogP contribution in [0.3, 0.4) is 0 Å². The van der Waals surface area contributed by atoms with Crippen molar-refractivity contribution < 1.29 is 27.8 Å². The summed E-state index contributed by atoms with van der Waals surface area (Å²) in [7, 11) is 0. The van der Waals surface area contributed by atoms with E-state index in [0.29, 0.717) is 11.5 Å². The highest BCUT2D eigenvalue weighted by atomic mass is 79.9. The Morgan fingerprint density at radius 1 is 1.17 bits per heavy atom. The molecule has 0 unspecified atom stereocenters. The third-order valence-corrected chi connectivity index (χ3v) is 4.74. The summed E-state index contributed by atoms with van der Waals surface area (Å²) < 4.78 is 42.3. The van der Waals surface area contributed by atoms with Crippen LogP contribution in [0.4, 0.5) is 18.6 Å². The molecule has 7 nitrogen and oxygen atoms in total. The molecule has 3 aromatic rings. The number of amides is 2. The number of hydrogen-bond donors (Lipinski definition) is 2. The van der Waals surface area contributed by atoms with E-state index in [1.807, 2.05) is 0 Å². The number of primary amides is 1. The number of aromatic nitrogens is 1. The minimum Gasteiger partial charge on any atom is -0.471 e. The number of nitrogens with one attached hydrogen (secondary N) is 1. The van der Waals surface area contributed by atoms with Crippen molar-refractivity contribution in [2.24, 2.45) is 5.73 Å². The van der Waals surface area contributed by atoms with Gasteiger partial charge in [0, 0.05) is 4.47 Å². The van der Waals surface area contributed by atoms with E-state index in [9.17, 15) is 18.4 Å². The van der Waals surface area contributed by atoms with Crippen LogP contribution in [0.25, 0.3) is 0 Å². The van der Waals surface area contributed by atoms with Gasteiger partial charge < -0.3 is 15.2 Å². The first kappa shape index (κ1) is 20.7. The molecule has 0 aliphatic heterocycles. The summed E-state index contributed by atoms with van der Waals surface area (Å²) in [5.74, 6) is -2.59. The fraction of sp³-hybridized carbons (Fsp3) is 0.0556. The van der Waals surface area contributed by atoms with Gasteiger partial charge in [-0.2, -0.15) is 4.37 Å². The highest BCUT2D eigenvalue weighted by molar-refractivity contribution is 9.10. The van der Waals surface area contributed by atoms with Gasteiger partial charge in [0.05, 0.1) is 5.56 Å². The first-order valence-electron chi connectivity index (χ1n) is 7.94. The van der Waals surface area contributed by atoms with E-state index in [0.717, 1.165) is 12.1 Å². The zero-order chi connectivity index (χ0) is 21.0. The van der Waals surface area contributed by atoms with Gasteiger partial charge in [-0.25, -0.2) is 13.6 Å². The average molecular weight is 484 g/mol. The molecular weight excluding hydrogens is 472 g/mol. The number of nitrogens with two attached hydrogens (primary N) is 1. The van der Waals surface area contributed by atoms with Gasteiger partial charge in [0.2, 0.25) is 5.88 Å². The zero-order valence-electron chi connectivity index (χ0n) is 14.4. The Balaban J connectivity index is 1.75. The Kier molecular flexibility index (Phi) is 6.39. The summed E-state index contributed by atoms with van der Waals surface area (Å²) >= 11 is 3.69. The lowest BCUT2D eigenvalue weighted by Gasteiger charge is -2.08. The molecule has 2 amide bonds. The number of halogens is 3. The Morgan fingerprint density at radius 3 is 2.45 bits per heavy atom. The molecule has 0 spiro atoms. The van der Waals surface area contributed by atoms with E-state index in [1.54, 1.807) is 30.3 Å². The highest BCUT2D eigenvalue weighted by Gasteiger charge is 2.23. The summed E-state index contributed by atoms with van der Waals surface area (Å²) in [6.45, 7) is -0.539. The van der Waals surface area contributed by atoms with Crippen molar-refractivity contribution in [3.63, 3.8) is 0 Å². The van der Waals surface area contributed by atoms with Gasteiger partial charge >= 0.3 is 6.09 Å². The summed E-state index contributed by atoms with van der Waals surface area (Å²) in [6.07, 6.45) is -0.876. The Bertz CT molecular complexity index is 1040. The van der Waals surface area contributed by atoms with Crippen LogP contribution >= 0.6 is 27.5 Å². The van der Waals surface area contributed by atoms with Crippen molar-refractivity contribution >= 4 is 44.5 Å². The number of para-hydroxylation sites is 1. The molecule has 1 heterocycles.